The van der Waals surface area contributed by atoms with Gasteiger partial charge in [0, 0.05) is 31.1 Å². The molecule has 0 spiro atoms. The summed E-state index contributed by atoms with van der Waals surface area (Å²) in [5.74, 6) is -0.100. The van der Waals surface area contributed by atoms with Gasteiger partial charge in [0.15, 0.2) is 0 Å². The number of rotatable bonds is 5. The molecule has 0 fully saturated rings. The number of ether oxygens (including phenoxy) is 1. The fourth-order valence-electron chi connectivity index (χ4n) is 1.79. The summed E-state index contributed by atoms with van der Waals surface area (Å²) in [7, 11) is 1.61. The van der Waals surface area contributed by atoms with Gasteiger partial charge in [-0.2, -0.15) is 5.10 Å². The van der Waals surface area contributed by atoms with Crippen LogP contribution in [-0.2, 0) is 4.74 Å². The number of nitrogens with one attached hydrogen (secondary N) is 1. The van der Waals surface area contributed by atoms with Gasteiger partial charge < -0.3 is 10.1 Å². The Bertz CT molecular complexity index is 520. The first-order chi connectivity index (χ1) is 9.20. The monoisotopic (exact) mass is 259 g/mol. The quantitative estimate of drug-likeness (QED) is 0.888. The Kier molecular flexibility index (Phi) is 4.30. The highest BCUT2D eigenvalue weighted by Crippen LogP contribution is 2.08. The lowest BCUT2D eigenvalue weighted by Crippen LogP contribution is -2.35. The van der Waals surface area contributed by atoms with Crippen molar-refractivity contribution in [1.82, 2.24) is 15.1 Å². The predicted octanol–water partition coefficient (Wildman–Crippen LogP) is 1.64. The molecule has 2 aromatic rings. The Hall–Kier alpha value is -2.14. The van der Waals surface area contributed by atoms with Gasteiger partial charge in [-0.25, -0.2) is 4.68 Å². The number of methoxy groups -OCH3 is 1. The average Bonchev–Trinajstić information content (AvgIpc) is 2.93. The highest BCUT2D eigenvalue weighted by molar-refractivity contribution is 5.94. The Balaban J connectivity index is 2.04. The molecule has 1 amide bonds. The van der Waals surface area contributed by atoms with Gasteiger partial charge in [-0.1, -0.05) is 0 Å². The van der Waals surface area contributed by atoms with Gasteiger partial charge in [-0.15, -0.1) is 0 Å². The Labute approximate surface area is 112 Å². The van der Waals surface area contributed by atoms with E-state index in [1.807, 2.05) is 31.3 Å². The lowest BCUT2D eigenvalue weighted by atomic mass is 10.2. The lowest BCUT2D eigenvalue weighted by Gasteiger charge is -2.12. The summed E-state index contributed by atoms with van der Waals surface area (Å²) in [6, 6.07) is 9.14. The third kappa shape index (κ3) is 3.42. The van der Waals surface area contributed by atoms with E-state index in [0.29, 0.717) is 12.2 Å². The van der Waals surface area contributed by atoms with Crippen LogP contribution in [0.5, 0.6) is 0 Å². The Morgan fingerprint density at radius 2 is 2.16 bits per heavy atom. The Morgan fingerprint density at radius 3 is 2.74 bits per heavy atom. The molecule has 0 radical (unpaired) electrons. The number of aromatic nitrogens is 2. The van der Waals surface area contributed by atoms with Crippen molar-refractivity contribution in [3.8, 4) is 5.69 Å². The molecule has 0 aliphatic rings. The second kappa shape index (κ2) is 6.15. The summed E-state index contributed by atoms with van der Waals surface area (Å²) < 4.78 is 6.73. The molecule has 2 rings (SSSR count). The van der Waals surface area contributed by atoms with Crippen molar-refractivity contribution in [1.29, 1.82) is 0 Å². The fourth-order valence-corrected chi connectivity index (χ4v) is 1.79. The SMILES string of the molecule is COC[C@@H](C)NC(=O)c1ccc(-n2cccn2)cc1. The first-order valence-corrected chi connectivity index (χ1v) is 6.10. The molecular weight excluding hydrogens is 242 g/mol. The molecule has 0 unspecified atom stereocenters. The molecule has 5 heteroatoms. The van der Waals surface area contributed by atoms with Crippen molar-refractivity contribution in [3.05, 3.63) is 48.3 Å². The van der Waals surface area contributed by atoms with E-state index in [-0.39, 0.29) is 11.9 Å². The molecule has 5 nitrogen and oxygen atoms in total. The third-order valence-corrected chi connectivity index (χ3v) is 2.69. The summed E-state index contributed by atoms with van der Waals surface area (Å²) in [5, 5.41) is 7.00. The Morgan fingerprint density at radius 1 is 1.42 bits per heavy atom. The van der Waals surface area contributed by atoms with Gasteiger partial charge in [-0.05, 0) is 37.3 Å². The van der Waals surface area contributed by atoms with Crippen molar-refractivity contribution in [2.24, 2.45) is 0 Å². The molecule has 0 bridgehead atoms. The smallest absolute Gasteiger partial charge is 0.251 e. The van der Waals surface area contributed by atoms with Crippen molar-refractivity contribution in [2.75, 3.05) is 13.7 Å². The molecule has 0 aliphatic carbocycles. The van der Waals surface area contributed by atoms with E-state index in [1.54, 1.807) is 30.1 Å². The molecule has 1 atom stereocenters. The van der Waals surface area contributed by atoms with Gasteiger partial charge >= 0.3 is 0 Å². The molecule has 0 saturated carbocycles. The minimum absolute atomic E-state index is 0.0108. The van der Waals surface area contributed by atoms with E-state index < -0.39 is 0 Å². The number of hydrogen-bond acceptors (Lipinski definition) is 3. The number of amides is 1. The van der Waals surface area contributed by atoms with Crippen molar-refractivity contribution in [3.63, 3.8) is 0 Å². The molecule has 0 saturated heterocycles. The first-order valence-electron chi connectivity index (χ1n) is 6.10. The summed E-state index contributed by atoms with van der Waals surface area (Å²) >= 11 is 0. The molecule has 1 heterocycles. The standard InChI is InChI=1S/C14H17N3O2/c1-11(10-19-2)16-14(18)12-4-6-13(7-5-12)17-9-3-8-15-17/h3-9,11H,10H2,1-2H3,(H,16,18)/t11-/m1/s1. The first kappa shape index (κ1) is 13.3. The molecule has 0 aliphatic heterocycles. The lowest BCUT2D eigenvalue weighted by molar-refractivity contribution is 0.0905. The van der Waals surface area contributed by atoms with Crippen LogP contribution >= 0.6 is 0 Å². The van der Waals surface area contributed by atoms with Crippen molar-refractivity contribution in [2.45, 2.75) is 13.0 Å². The largest absolute Gasteiger partial charge is 0.383 e. The van der Waals surface area contributed by atoms with E-state index in [2.05, 4.69) is 10.4 Å². The fraction of sp³-hybridized carbons (Fsp3) is 0.286. The summed E-state index contributed by atoms with van der Waals surface area (Å²) in [4.78, 5) is 11.9. The summed E-state index contributed by atoms with van der Waals surface area (Å²) in [6.07, 6.45) is 3.57. The highest BCUT2D eigenvalue weighted by Gasteiger charge is 2.09. The van der Waals surface area contributed by atoms with E-state index in [4.69, 9.17) is 4.74 Å². The minimum atomic E-state index is -0.100. The normalized spacial score (nSPS) is 12.1. The van der Waals surface area contributed by atoms with Gasteiger partial charge in [0.1, 0.15) is 0 Å². The molecule has 1 aromatic carbocycles. The number of benzene rings is 1. The minimum Gasteiger partial charge on any atom is -0.383 e. The molecular formula is C14H17N3O2. The number of carbonyl (C=O) groups is 1. The van der Waals surface area contributed by atoms with Crippen LogP contribution < -0.4 is 5.32 Å². The highest BCUT2D eigenvalue weighted by atomic mass is 16.5. The number of nitrogens with zero attached hydrogens (tertiary/aromatic N) is 2. The van der Waals surface area contributed by atoms with Crippen LogP contribution in [-0.4, -0.2) is 35.4 Å². The van der Waals surface area contributed by atoms with Crippen LogP contribution in [0, 0.1) is 0 Å². The zero-order valence-corrected chi connectivity index (χ0v) is 11.0. The number of carbonyl (C=O) groups excluding carboxylic acids is 1. The van der Waals surface area contributed by atoms with Crippen LogP contribution in [0.4, 0.5) is 0 Å². The number of hydrogen-bond donors (Lipinski definition) is 1. The zero-order valence-electron chi connectivity index (χ0n) is 11.0. The second-order valence-electron chi connectivity index (χ2n) is 4.33. The predicted molar refractivity (Wildman–Crippen MR) is 72.4 cm³/mol. The molecule has 100 valence electrons. The maximum atomic E-state index is 11.9. The van der Waals surface area contributed by atoms with Gasteiger partial charge in [0.05, 0.1) is 12.3 Å². The van der Waals surface area contributed by atoms with Crippen molar-refractivity contribution < 1.29 is 9.53 Å². The van der Waals surface area contributed by atoms with Gasteiger partial charge in [0.25, 0.3) is 5.91 Å². The van der Waals surface area contributed by atoms with Crippen LogP contribution in [0.3, 0.4) is 0 Å². The van der Waals surface area contributed by atoms with E-state index >= 15 is 0 Å². The second-order valence-corrected chi connectivity index (χ2v) is 4.33. The van der Waals surface area contributed by atoms with Crippen LogP contribution in [0.1, 0.15) is 17.3 Å². The zero-order chi connectivity index (χ0) is 13.7. The topological polar surface area (TPSA) is 56.1 Å². The summed E-state index contributed by atoms with van der Waals surface area (Å²) in [6.45, 7) is 2.40. The summed E-state index contributed by atoms with van der Waals surface area (Å²) in [5.41, 5.74) is 1.55. The van der Waals surface area contributed by atoms with E-state index in [1.165, 1.54) is 0 Å². The third-order valence-electron chi connectivity index (χ3n) is 2.69. The maximum absolute atomic E-state index is 11.9. The molecule has 1 aromatic heterocycles. The van der Waals surface area contributed by atoms with E-state index in [0.717, 1.165) is 5.69 Å². The molecule has 1 N–H and O–H groups in total. The molecule has 19 heavy (non-hydrogen) atoms. The van der Waals surface area contributed by atoms with Crippen LogP contribution in [0.2, 0.25) is 0 Å². The van der Waals surface area contributed by atoms with Crippen LogP contribution in [0.15, 0.2) is 42.7 Å². The maximum Gasteiger partial charge on any atom is 0.251 e. The van der Waals surface area contributed by atoms with Gasteiger partial charge in [-0.3, -0.25) is 4.79 Å². The van der Waals surface area contributed by atoms with Crippen molar-refractivity contribution >= 4 is 5.91 Å². The van der Waals surface area contributed by atoms with Crippen LogP contribution in [0.25, 0.3) is 5.69 Å². The van der Waals surface area contributed by atoms with Gasteiger partial charge in [0.2, 0.25) is 0 Å². The van der Waals surface area contributed by atoms with E-state index in [9.17, 15) is 4.79 Å². The average molecular weight is 259 g/mol.